The fourth-order valence-corrected chi connectivity index (χ4v) is 1.33. The van der Waals surface area contributed by atoms with Crippen LogP contribution in [0.1, 0.15) is 33.6 Å². The fourth-order valence-electron chi connectivity index (χ4n) is 1.33. The Hall–Kier alpha value is -1.30. The summed E-state index contributed by atoms with van der Waals surface area (Å²) in [4.78, 5) is 22.0. The molecule has 0 aromatic heterocycles. The van der Waals surface area contributed by atoms with E-state index in [0.29, 0.717) is 6.54 Å². The number of carbonyl (C=O) groups excluding carboxylic acids is 2. The minimum atomic E-state index is -0.525. The maximum atomic E-state index is 11.6. The van der Waals surface area contributed by atoms with Gasteiger partial charge in [0.25, 0.3) is 0 Å². The van der Waals surface area contributed by atoms with Gasteiger partial charge in [0, 0.05) is 12.6 Å². The Balaban J connectivity index is 3.74. The predicted octanol–water partition coefficient (Wildman–Crippen LogP) is -0.0771. The number of urea groups is 1. The van der Waals surface area contributed by atoms with E-state index in [9.17, 15) is 9.59 Å². The second-order valence-corrected chi connectivity index (χ2v) is 4.61. The van der Waals surface area contributed by atoms with E-state index >= 15 is 0 Å². The standard InChI is InChI=1S/C11H24N4O2/c1-7(2)9(12)10(16)15-8(3)5-4-6-14-11(13)17/h7-9H,4-6,12H2,1-3H3,(H,15,16)(H3,13,14,17)/t8-,9+/m1/s1. The molecule has 0 rings (SSSR count). The third kappa shape index (κ3) is 7.57. The van der Waals surface area contributed by atoms with E-state index in [2.05, 4.69) is 10.6 Å². The number of rotatable bonds is 7. The van der Waals surface area contributed by atoms with E-state index in [1.54, 1.807) is 0 Å². The van der Waals surface area contributed by atoms with Crippen LogP contribution in [0.5, 0.6) is 0 Å². The summed E-state index contributed by atoms with van der Waals surface area (Å²) < 4.78 is 0. The lowest BCUT2D eigenvalue weighted by atomic mass is 10.0. The fraction of sp³-hybridized carbons (Fsp3) is 0.818. The molecule has 6 heteroatoms. The first kappa shape index (κ1) is 15.7. The summed E-state index contributed by atoms with van der Waals surface area (Å²) in [6.07, 6.45) is 1.54. The van der Waals surface area contributed by atoms with E-state index in [1.807, 2.05) is 20.8 Å². The van der Waals surface area contributed by atoms with Crippen molar-refractivity contribution < 1.29 is 9.59 Å². The van der Waals surface area contributed by atoms with Crippen molar-refractivity contribution in [2.45, 2.75) is 45.7 Å². The monoisotopic (exact) mass is 244 g/mol. The largest absolute Gasteiger partial charge is 0.352 e. The zero-order chi connectivity index (χ0) is 13.4. The van der Waals surface area contributed by atoms with Crippen molar-refractivity contribution in [2.24, 2.45) is 17.4 Å². The third-order valence-corrected chi connectivity index (χ3v) is 2.52. The van der Waals surface area contributed by atoms with Crippen LogP contribution in [0.25, 0.3) is 0 Å². The highest BCUT2D eigenvalue weighted by molar-refractivity contribution is 5.81. The van der Waals surface area contributed by atoms with E-state index < -0.39 is 12.1 Å². The Bertz CT molecular complexity index is 256. The molecule has 0 aromatic rings. The normalized spacial score (nSPS) is 14.2. The number of primary amides is 1. The van der Waals surface area contributed by atoms with Gasteiger partial charge in [-0.05, 0) is 25.7 Å². The van der Waals surface area contributed by atoms with E-state index in [4.69, 9.17) is 11.5 Å². The molecule has 0 aliphatic heterocycles. The quantitative estimate of drug-likeness (QED) is 0.470. The Kier molecular flexibility index (Phi) is 7.29. The van der Waals surface area contributed by atoms with Crippen LogP contribution in [-0.4, -0.2) is 30.6 Å². The van der Waals surface area contributed by atoms with Crippen LogP contribution in [-0.2, 0) is 4.79 Å². The molecule has 0 heterocycles. The maximum absolute atomic E-state index is 11.6. The lowest BCUT2D eigenvalue weighted by Gasteiger charge is -2.19. The molecule has 0 aliphatic carbocycles. The molecule has 0 aromatic carbocycles. The van der Waals surface area contributed by atoms with Gasteiger partial charge in [0.2, 0.25) is 5.91 Å². The molecule has 0 spiro atoms. The van der Waals surface area contributed by atoms with Crippen LogP contribution in [0, 0.1) is 5.92 Å². The van der Waals surface area contributed by atoms with Gasteiger partial charge in [-0.1, -0.05) is 13.8 Å². The van der Waals surface area contributed by atoms with Crippen LogP contribution in [0.3, 0.4) is 0 Å². The van der Waals surface area contributed by atoms with Crippen molar-refractivity contribution >= 4 is 11.9 Å². The smallest absolute Gasteiger partial charge is 0.312 e. The van der Waals surface area contributed by atoms with Crippen molar-refractivity contribution in [3.05, 3.63) is 0 Å². The predicted molar refractivity (Wildman–Crippen MR) is 67.2 cm³/mol. The summed E-state index contributed by atoms with van der Waals surface area (Å²) in [5.41, 5.74) is 10.6. The zero-order valence-electron chi connectivity index (χ0n) is 10.8. The second-order valence-electron chi connectivity index (χ2n) is 4.61. The molecule has 3 amide bonds. The lowest BCUT2D eigenvalue weighted by molar-refractivity contribution is -0.123. The first-order chi connectivity index (χ1) is 7.84. The maximum Gasteiger partial charge on any atom is 0.312 e. The summed E-state index contributed by atoms with van der Waals surface area (Å²) >= 11 is 0. The molecule has 6 N–H and O–H groups in total. The molecule has 0 saturated carbocycles. The average molecular weight is 244 g/mol. The number of nitrogens with two attached hydrogens (primary N) is 2. The summed E-state index contributed by atoms with van der Waals surface area (Å²) in [6.45, 7) is 6.25. The summed E-state index contributed by atoms with van der Waals surface area (Å²) in [7, 11) is 0. The van der Waals surface area contributed by atoms with Gasteiger partial charge < -0.3 is 22.1 Å². The van der Waals surface area contributed by atoms with Gasteiger partial charge in [-0.25, -0.2) is 4.79 Å². The van der Waals surface area contributed by atoms with Crippen LogP contribution >= 0.6 is 0 Å². The van der Waals surface area contributed by atoms with Gasteiger partial charge in [-0.3, -0.25) is 4.79 Å². The molecule has 17 heavy (non-hydrogen) atoms. The first-order valence-electron chi connectivity index (χ1n) is 5.93. The topological polar surface area (TPSA) is 110 Å². The zero-order valence-corrected chi connectivity index (χ0v) is 10.8. The van der Waals surface area contributed by atoms with Gasteiger partial charge in [0.05, 0.1) is 6.04 Å². The Morgan fingerprint density at radius 2 is 1.82 bits per heavy atom. The van der Waals surface area contributed by atoms with Crippen molar-refractivity contribution in [1.82, 2.24) is 10.6 Å². The number of hydrogen-bond donors (Lipinski definition) is 4. The molecular weight excluding hydrogens is 220 g/mol. The van der Waals surface area contributed by atoms with Crippen LogP contribution in [0.15, 0.2) is 0 Å². The molecule has 0 bridgehead atoms. The first-order valence-corrected chi connectivity index (χ1v) is 5.93. The molecule has 0 unspecified atom stereocenters. The van der Waals surface area contributed by atoms with Crippen molar-refractivity contribution in [2.75, 3.05) is 6.54 Å². The molecule has 0 saturated heterocycles. The molecular formula is C11H24N4O2. The van der Waals surface area contributed by atoms with Gasteiger partial charge in [-0.15, -0.1) is 0 Å². The molecule has 0 radical (unpaired) electrons. The van der Waals surface area contributed by atoms with E-state index in [-0.39, 0.29) is 17.9 Å². The second kappa shape index (κ2) is 7.89. The Morgan fingerprint density at radius 3 is 2.29 bits per heavy atom. The van der Waals surface area contributed by atoms with Crippen LogP contribution in [0.4, 0.5) is 4.79 Å². The summed E-state index contributed by atoms with van der Waals surface area (Å²) in [6, 6.07) is -0.952. The van der Waals surface area contributed by atoms with Gasteiger partial charge in [0.15, 0.2) is 0 Å². The molecule has 0 aliphatic rings. The third-order valence-electron chi connectivity index (χ3n) is 2.52. The highest BCUT2D eigenvalue weighted by atomic mass is 16.2. The lowest BCUT2D eigenvalue weighted by Crippen LogP contribution is -2.47. The number of nitrogens with one attached hydrogen (secondary N) is 2. The van der Waals surface area contributed by atoms with Crippen LogP contribution in [0.2, 0.25) is 0 Å². The average Bonchev–Trinajstić information content (AvgIpc) is 2.22. The molecule has 6 nitrogen and oxygen atoms in total. The van der Waals surface area contributed by atoms with Gasteiger partial charge in [-0.2, -0.15) is 0 Å². The van der Waals surface area contributed by atoms with Crippen LogP contribution < -0.4 is 22.1 Å². The van der Waals surface area contributed by atoms with E-state index in [1.165, 1.54) is 0 Å². The highest BCUT2D eigenvalue weighted by Crippen LogP contribution is 2.01. The highest BCUT2D eigenvalue weighted by Gasteiger charge is 2.18. The summed E-state index contributed by atoms with van der Waals surface area (Å²) in [5, 5.41) is 5.34. The van der Waals surface area contributed by atoms with E-state index in [0.717, 1.165) is 12.8 Å². The van der Waals surface area contributed by atoms with Crippen molar-refractivity contribution in [3.8, 4) is 0 Å². The number of hydrogen-bond acceptors (Lipinski definition) is 3. The number of amides is 3. The van der Waals surface area contributed by atoms with Gasteiger partial charge in [0.1, 0.15) is 0 Å². The van der Waals surface area contributed by atoms with Crippen molar-refractivity contribution in [1.29, 1.82) is 0 Å². The molecule has 2 atom stereocenters. The minimum absolute atomic E-state index is 0.0435. The van der Waals surface area contributed by atoms with Crippen molar-refractivity contribution in [3.63, 3.8) is 0 Å². The summed E-state index contributed by atoms with van der Waals surface area (Å²) in [5.74, 6) is -0.00547. The molecule has 0 fully saturated rings. The minimum Gasteiger partial charge on any atom is -0.352 e. The molecule has 100 valence electrons. The Labute approximate surface area is 102 Å². The Morgan fingerprint density at radius 1 is 1.24 bits per heavy atom. The SMILES string of the molecule is CC(C)[C@H](N)C(=O)N[C@H](C)CCCNC(N)=O. The van der Waals surface area contributed by atoms with Gasteiger partial charge >= 0.3 is 6.03 Å². The number of carbonyl (C=O) groups is 2.